The maximum atomic E-state index is 11.9. The minimum atomic E-state index is -4.26. The summed E-state index contributed by atoms with van der Waals surface area (Å²) in [6, 6.07) is 0. The first kappa shape index (κ1) is 13.3. The summed E-state index contributed by atoms with van der Waals surface area (Å²) >= 11 is 0. The van der Waals surface area contributed by atoms with Gasteiger partial charge in [0.25, 0.3) is 0 Å². The summed E-state index contributed by atoms with van der Waals surface area (Å²) in [6.07, 6.45) is -5.79. The van der Waals surface area contributed by atoms with Crippen LogP contribution in [0.5, 0.6) is 0 Å². The van der Waals surface area contributed by atoms with Gasteiger partial charge in [0, 0.05) is 25.4 Å². The van der Waals surface area contributed by atoms with Gasteiger partial charge >= 0.3 is 6.18 Å². The predicted molar refractivity (Wildman–Crippen MR) is 51.9 cm³/mol. The first-order valence-electron chi connectivity index (χ1n) is 5.10. The van der Waals surface area contributed by atoms with Crippen LogP contribution in [0.3, 0.4) is 0 Å². The number of amides is 1. The number of nitrogens with zero attached hydrogens (tertiary/aromatic N) is 1. The number of hydrogen-bond donors (Lipinski definition) is 0. The Balaban J connectivity index is 2.30. The van der Waals surface area contributed by atoms with Crippen LogP contribution in [0.4, 0.5) is 13.2 Å². The maximum Gasteiger partial charge on any atom is 0.389 e. The quantitative estimate of drug-likeness (QED) is 0.749. The summed E-state index contributed by atoms with van der Waals surface area (Å²) < 4.78 is 40.7. The van der Waals surface area contributed by atoms with Gasteiger partial charge in [-0.25, -0.2) is 0 Å². The van der Waals surface area contributed by atoms with Crippen LogP contribution in [0.15, 0.2) is 0 Å². The Morgan fingerprint density at radius 3 is 2.38 bits per heavy atom. The second-order valence-corrected chi connectivity index (χ2v) is 4.67. The molecule has 1 saturated heterocycles. The number of carbonyl (C=O) groups excluding carboxylic acids is 1. The van der Waals surface area contributed by atoms with Crippen LogP contribution in [0.25, 0.3) is 0 Å². The number of hydrogen-bond acceptors (Lipinski definition) is 2. The second-order valence-electron chi connectivity index (χ2n) is 4.67. The Morgan fingerprint density at radius 2 is 2.00 bits per heavy atom. The highest BCUT2D eigenvalue weighted by molar-refractivity contribution is 5.75. The Bertz CT molecular complexity index is 261. The van der Waals surface area contributed by atoms with Crippen molar-refractivity contribution in [2.45, 2.75) is 25.9 Å². The van der Waals surface area contributed by atoms with E-state index < -0.39 is 24.9 Å². The molecule has 0 radical (unpaired) electrons. The lowest BCUT2D eigenvalue weighted by molar-refractivity contribution is -0.153. The molecule has 1 aliphatic rings. The Hall–Kier alpha value is -0.780. The summed E-state index contributed by atoms with van der Waals surface area (Å²) in [4.78, 5) is 12.7. The molecular weight excluding hydrogens is 223 g/mol. The molecular formula is C10H16F3NO2. The van der Waals surface area contributed by atoms with E-state index >= 15 is 0 Å². The molecule has 6 heteroatoms. The minimum absolute atomic E-state index is 0.0946. The number of ether oxygens (including phenoxy) is 1. The van der Waals surface area contributed by atoms with Gasteiger partial charge in [0.2, 0.25) is 5.91 Å². The fourth-order valence-corrected chi connectivity index (χ4v) is 1.64. The summed E-state index contributed by atoms with van der Waals surface area (Å²) in [5, 5.41) is 0. The van der Waals surface area contributed by atoms with Gasteiger partial charge < -0.3 is 9.64 Å². The average molecular weight is 239 g/mol. The van der Waals surface area contributed by atoms with E-state index in [9.17, 15) is 18.0 Å². The molecule has 0 aliphatic carbocycles. The zero-order chi connectivity index (χ0) is 12.4. The molecule has 0 spiro atoms. The molecule has 0 aromatic heterocycles. The van der Waals surface area contributed by atoms with Crippen LogP contribution in [-0.2, 0) is 9.53 Å². The first-order chi connectivity index (χ1) is 7.22. The normalized spacial score (nSPS) is 19.1. The number of alkyl halides is 3. The van der Waals surface area contributed by atoms with E-state index in [4.69, 9.17) is 4.74 Å². The van der Waals surface area contributed by atoms with Crippen molar-refractivity contribution in [3.05, 3.63) is 0 Å². The topological polar surface area (TPSA) is 29.5 Å². The van der Waals surface area contributed by atoms with Gasteiger partial charge in [-0.05, 0) is 0 Å². The zero-order valence-corrected chi connectivity index (χ0v) is 9.43. The largest absolute Gasteiger partial charge is 0.389 e. The van der Waals surface area contributed by atoms with Crippen LogP contribution in [0.2, 0.25) is 0 Å². The molecule has 94 valence electrons. The summed E-state index contributed by atoms with van der Waals surface area (Å²) in [5.74, 6) is -0.467. The molecule has 1 rings (SSSR count). The van der Waals surface area contributed by atoms with Gasteiger partial charge in [-0.3, -0.25) is 4.79 Å². The van der Waals surface area contributed by atoms with Crippen molar-refractivity contribution >= 4 is 5.91 Å². The molecule has 0 aromatic carbocycles. The summed E-state index contributed by atoms with van der Waals surface area (Å²) in [5.41, 5.74) is -0.0946. The molecule has 16 heavy (non-hydrogen) atoms. The Morgan fingerprint density at radius 1 is 1.44 bits per heavy atom. The van der Waals surface area contributed by atoms with Crippen molar-refractivity contribution in [3.63, 3.8) is 0 Å². The lowest BCUT2D eigenvalue weighted by Crippen LogP contribution is -2.49. The lowest BCUT2D eigenvalue weighted by atomic mass is 9.88. The summed E-state index contributed by atoms with van der Waals surface area (Å²) in [6.45, 7) is 3.52. The van der Waals surface area contributed by atoms with Crippen LogP contribution >= 0.6 is 0 Å². The molecule has 1 heterocycles. The van der Waals surface area contributed by atoms with Gasteiger partial charge in [-0.15, -0.1) is 0 Å². The monoisotopic (exact) mass is 239 g/mol. The van der Waals surface area contributed by atoms with Crippen molar-refractivity contribution < 1.29 is 22.7 Å². The van der Waals surface area contributed by atoms with Crippen LogP contribution in [0, 0.1) is 5.41 Å². The van der Waals surface area contributed by atoms with Crippen molar-refractivity contribution in [2.75, 3.05) is 26.8 Å². The molecule has 3 nitrogen and oxygen atoms in total. The van der Waals surface area contributed by atoms with E-state index in [1.807, 2.05) is 6.92 Å². The molecule has 1 amide bonds. The Kier molecular flexibility index (Phi) is 3.83. The third kappa shape index (κ3) is 4.00. The van der Waals surface area contributed by atoms with Crippen LogP contribution in [0.1, 0.15) is 19.8 Å². The van der Waals surface area contributed by atoms with E-state index in [1.165, 1.54) is 11.9 Å². The van der Waals surface area contributed by atoms with Gasteiger partial charge in [0.15, 0.2) is 0 Å². The van der Waals surface area contributed by atoms with Gasteiger partial charge in [-0.2, -0.15) is 13.2 Å². The smallest absolute Gasteiger partial charge is 0.380 e. The molecule has 0 saturated carbocycles. The highest BCUT2D eigenvalue weighted by Gasteiger charge is 2.36. The standard InChI is InChI=1S/C10H16F3NO2/c1-9(6-16-7-9)5-14(2)8(15)3-4-10(11,12)13/h3-7H2,1-2H3. The molecule has 0 bridgehead atoms. The third-order valence-corrected chi connectivity index (χ3v) is 2.57. The molecule has 1 aliphatic heterocycles. The molecule has 0 N–H and O–H groups in total. The van der Waals surface area contributed by atoms with Crippen LogP contribution < -0.4 is 0 Å². The molecule has 1 fully saturated rings. The van der Waals surface area contributed by atoms with Gasteiger partial charge in [-0.1, -0.05) is 6.92 Å². The number of rotatable bonds is 4. The number of carbonyl (C=O) groups is 1. The molecule has 0 atom stereocenters. The highest BCUT2D eigenvalue weighted by atomic mass is 19.4. The maximum absolute atomic E-state index is 11.9. The number of halogens is 3. The molecule has 0 aromatic rings. The highest BCUT2D eigenvalue weighted by Crippen LogP contribution is 2.28. The SMILES string of the molecule is CN(CC1(C)COC1)C(=O)CCC(F)(F)F. The van der Waals surface area contributed by atoms with Crippen molar-refractivity contribution in [1.29, 1.82) is 0 Å². The fourth-order valence-electron chi connectivity index (χ4n) is 1.64. The average Bonchev–Trinajstić information content (AvgIpc) is 2.10. The predicted octanol–water partition coefficient (Wildman–Crippen LogP) is 1.82. The van der Waals surface area contributed by atoms with E-state index in [2.05, 4.69) is 0 Å². The lowest BCUT2D eigenvalue weighted by Gasteiger charge is -2.40. The van der Waals surface area contributed by atoms with Crippen molar-refractivity contribution in [1.82, 2.24) is 4.90 Å². The second kappa shape index (κ2) is 4.61. The third-order valence-electron chi connectivity index (χ3n) is 2.57. The fraction of sp³-hybridized carbons (Fsp3) is 0.900. The summed E-state index contributed by atoms with van der Waals surface area (Å²) in [7, 11) is 1.53. The van der Waals surface area contributed by atoms with E-state index in [1.54, 1.807) is 0 Å². The van der Waals surface area contributed by atoms with E-state index in [0.29, 0.717) is 19.8 Å². The zero-order valence-electron chi connectivity index (χ0n) is 9.43. The van der Waals surface area contributed by atoms with Gasteiger partial charge in [0.05, 0.1) is 19.6 Å². The van der Waals surface area contributed by atoms with E-state index in [0.717, 1.165) is 0 Å². The van der Waals surface area contributed by atoms with Crippen molar-refractivity contribution in [2.24, 2.45) is 5.41 Å². The molecule has 0 unspecified atom stereocenters. The first-order valence-corrected chi connectivity index (χ1v) is 5.10. The minimum Gasteiger partial charge on any atom is -0.380 e. The Labute approximate surface area is 92.5 Å². The van der Waals surface area contributed by atoms with E-state index in [-0.39, 0.29) is 5.41 Å². The van der Waals surface area contributed by atoms with Crippen molar-refractivity contribution in [3.8, 4) is 0 Å². The van der Waals surface area contributed by atoms with Gasteiger partial charge in [0.1, 0.15) is 0 Å². The van der Waals surface area contributed by atoms with Crippen LogP contribution in [-0.4, -0.2) is 43.8 Å².